The number of nitrogens with one attached hydrogen (secondary N) is 1. The Morgan fingerprint density at radius 2 is 2.28 bits per heavy atom. The van der Waals surface area contributed by atoms with Crippen LogP contribution in [0.15, 0.2) is 18.2 Å². The number of Topliss-reactive ketones (excluding diaryl/α,β-unsaturated/α-hetero) is 1. The molecule has 0 heterocycles. The molecule has 100 valence electrons. The SMILES string of the molecule is CCC(CO)NCC(=O)c1ccc(OC)c(N)c1. The molecule has 5 heteroatoms. The minimum Gasteiger partial charge on any atom is -0.495 e. The van der Waals surface area contributed by atoms with Crippen molar-refractivity contribution in [1.29, 1.82) is 0 Å². The predicted molar refractivity (Wildman–Crippen MR) is 70.9 cm³/mol. The maximum Gasteiger partial charge on any atom is 0.176 e. The van der Waals surface area contributed by atoms with Crippen molar-refractivity contribution in [3.8, 4) is 5.75 Å². The number of carbonyl (C=O) groups excluding carboxylic acids is 1. The molecule has 1 atom stereocenters. The molecule has 0 radical (unpaired) electrons. The first-order valence-corrected chi connectivity index (χ1v) is 5.93. The summed E-state index contributed by atoms with van der Waals surface area (Å²) in [5.41, 5.74) is 6.72. The van der Waals surface area contributed by atoms with Gasteiger partial charge in [-0.1, -0.05) is 6.92 Å². The maximum absolute atomic E-state index is 11.9. The summed E-state index contributed by atoms with van der Waals surface area (Å²) in [6.45, 7) is 2.16. The lowest BCUT2D eigenvalue weighted by Gasteiger charge is -2.13. The van der Waals surface area contributed by atoms with E-state index >= 15 is 0 Å². The van der Waals surface area contributed by atoms with Gasteiger partial charge in [0.25, 0.3) is 0 Å². The summed E-state index contributed by atoms with van der Waals surface area (Å²) in [5, 5.41) is 12.0. The highest BCUT2D eigenvalue weighted by molar-refractivity contribution is 5.98. The van der Waals surface area contributed by atoms with Crippen LogP contribution in [-0.4, -0.2) is 37.2 Å². The van der Waals surface area contributed by atoms with E-state index < -0.39 is 0 Å². The molecule has 0 aliphatic carbocycles. The third-order valence-electron chi connectivity index (χ3n) is 2.82. The van der Waals surface area contributed by atoms with Crippen LogP contribution in [0, 0.1) is 0 Å². The maximum atomic E-state index is 11.9. The van der Waals surface area contributed by atoms with Crippen LogP contribution in [0.4, 0.5) is 5.69 Å². The molecule has 5 nitrogen and oxygen atoms in total. The van der Waals surface area contributed by atoms with E-state index in [1.807, 2.05) is 6.92 Å². The largest absolute Gasteiger partial charge is 0.495 e. The second-order valence-electron chi connectivity index (χ2n) is 4.05. The van der Waals surface area contributed by atoms with Crippen LogP contribution in [0.5, 0.6) is 5.75 Å². The molecule has 1 rings (SSSR count). The number of carbonyl (C=O) groups is 1. The van der Waals surface area contributed by atoms with Crippen LogP contribution in [0.1, 0.15) is 23.7 Å². The van der Waals surface area contributed by atoms with E-state index in [0.29, 0.717) is 17.0 Å². The van der Waals surface area contributed by atoms with Gasteiger partial charge < -0.3 is 20.9 Å². The van der Waals surface area contributed by atoms with Crippen LogP contribution in [0.25, 0.3) is 0 Å². The molecule has 1 aromatic carbocycles. The zero-order valence-corrected chi connectivity index (χ0v) is 10.8. The molecule has 0 bridgehead atoms. The fourth-order valence-corrected chi connectivity index (χ4v) is 1.58. The zero-order chi connectivity index (χ0) is 13.5. The Bertz CT molecular complexity index is 403. The molecule has 18 heavy (non-hydrogen) atoms. The molecule has 0 amide bonds. The standard InChI is InChI=1S/C13H20N2O3/c1-3-10(8-16)15-7-12(17)9-4-5-13(18-2)11(14)6-9/h4-6,10,15-16H,3,7-8,14H2,1-2H3. The van der Waals surface area contributed by atoms with E-state index in [-0.39, 0.29) is 25.0 Å². The summed E-state index contributed by atoms with van der Waals surface area (Å²) in [6, 6.07) is 4.90. The number of hydrogen-bond acceptors (Lipinski definition) is 5. The van der Waals surface area contributed by atoms with E-state index in [0.717, 1.165) is 6.42 Å². The van der Waals surface area contributed by atoms with Crippen molar-refractivity contribution in [2.75, 3.05) is 26.0 Å². The van der Waals surface area contributed by atoms with Gasteiger partial charge in [-0.05, 0) is 24.6 Å². The summed E-state index contributed by atoms with van der Waals surface area (Å²) in [6.07, 6.45) is 0.772. The van der Waals surface area contributed by atoms with Gasteiger partial charge in [-0.15, -0.1) is 0 Å². The number of rotatable bonds is 7. The Morgan fingerprint density at radius 3 is 2.78 bits per heavy atom. The van der Waals surface area contributed by atoms with Gasteiger partial charge in [0.15, 0.2) is 5.78 Å². The highest BCUT2D eigenvalue weighted by atomic mass is 16.5. The molecule has 4 N–H and O–H groups in total. The Kier molecular flexibility index (Phi) is 5.61. The van der Waals surface area contributed by atoms with E-state index in [9.17, 15) is 4.79 Å². The van der Waals surface area contributed by atoms with Crippen molar-refractivity contribution in [1.82, 2.24) is 5.32 Å². The van der Waals surface area contributed by atoms with Gasteiger partial charge >= 0.3 is 0 Å². The number of aliphatic hydroxyl groups excluding tert-OH is 1. The number of benzene rings is 1. The minimum atomic E-state index is -0.0590. The molecule has 0 spiro atoms. The summed E-state index contributed by atoms with van der Waals surface area (Å²) in [4.78, 5) is 11.9. The number of methoxy groups -OCH3 is 1. The zero-order valence-electron chi connectivity index (χ0n) is 10.8. The van der Waals surface area contributed by atoms with Crippen LogP contribution in [0.2, 0.25) is 0 Å². The number of ketones is 1. The number of aliphatic hydroxyl groups is 1. The summed E-state index contributed by atoms with van der Waals surface area (Å²) in [5.74, 6) is 0.498. The smallest absolute Gasteiger partial charge is 0.176 e. The molecule has 0 aliphatic heterocycles. The van der Waals surface area contributed by atoms with Crippen LogP contribution >= 0.6 is 0 Å². The van der Waals surface area contributed by atoms with Crippen molar-refractivity contribution in [2.24, 2.45) is 0 Å². The van der Waals surface area contributed by atoms with Gasteiger partial charge in [0, 0.05) is 11.6 Å². The highest BCUT2D eigenvalue weighted by Crippen LogP contribution is 2.21. The Labute approximate surface area is 107 Å². The Morgan fingerprint density at radius 1 is 1.56 bits per heavy atom. The first-order chi connectivity index (χ1) is 8.62. The highest BCUT2D eigenvalue weighted by Gasteiger charge is 2.11. The van der Waals surface area contributed by atoms with Crippen molar-refractivity contribution in [3.63, 3.8) is 0 Å². The average molecular weight is 252 g/mol. The number of ether oxygens (including phenoxy) is 1. The predicted octanol–water partition coefficient (Wildman–Crippen LogP) is 0.821. The minimum absolute atomic E-state index is 0.0224. The topological polar surface area (TPSA) is 84.6 Å². The van der Waals surface area contributed by atoms with Gasteiger partial charge in [-0.2, -0.15) is 0 Å². The first kappa shape index (κ1) is 14.5. The van der Waals surface area contributed by atoms with Crippen LogP contribution < -0.4 is 15.8 Å². The third kappa shape index (κ3) is 3.72. The fourth-order valence-electron chi connectivity index (χ4n) is 1.58. The van der Waals surface area contributed by atoms with Gasteiger partial charge in [-0.3, -0.25) is 4.79 Å². The molecular formula is C13H20N2O3. The average Bonchev–Trinajstić information content (AvgIpc) is 2.39. The summed E-state index contributed by atoms with van der Waals surface area (Å²) in [7, 11) is 1.53. The summed E-state index contributed by atoms with van der Waals surface area (Å²) < 4.78 is 5.03. The monoisotopic (exact) mass is 252 g/mol. The molecule has 0 aliphatic rings. The fraction of sp³-hybridized carbons (Fsp3) is 0.462. The Balaban J connectivity index is 2.64. The van der Waals surface area contributed by atoms with Crippen LogP contribution in [0.3, 0.4) is 0 Å². The quantitative estimate of drug-likeness (QED) is 0.494. The van der Waals surface area contributed by atoms with Crippen LogP contribution in [-0.2, 0) is 0 Å². The van der Waals surface area contributed by atoms with Gasteiger partial charge in [0.2, 0.25) is 0 Å². The van der Waals surface area contributed by atoms with Crippen molar-refractivity contribution in [2.45, 2.75) is 19.4 Å². The number of nitrogen functional groups attached to an aromatic ring is 1. The molecule has 0 fully saturated rings. The van der Waals surface area contributed by atoms with Gasteiger partial charge in [-0.25, -0.2) is 0 Å². The second kappa shape index (κ2) is 6.98. The third-order valence-corrected chi connectivity index (χ3v) is 2.82. The van der Waals surface area contributed by atoms with E-state index in [1.165, 1.54) is 7.11 Å². The molecular weight excluding hydrogens is 232 g/mol. The number of nitrogens with two attached hydrogens (primary N) is 1. The van der Waals surface area contributed by atoms with E-state index in [4.69, 9.17) is 15.6 Å². The number of anilines is 1. The lowest BCUT2D eigenvalue weighted by atomic mass is 10.1. The lowest BCUT2D eigenvalue weighted by molar-refractivity contribution is 0.0982. The van der Waals surface area contributed by atoms with E-state index in [1.54, 1.807) is 18.2 Å². The molecule has 0 aromatic heterocycles. The molecule has 0 saturated heterocycles. The Hall–Kier alpha value is -1.59. The molecule has 1 aromatic rings. The first-order valence-electron chi connectivity index (χ1n) is 5.93. The van der Waals surface area contributed by atoms with Gasteiger partial charge in [0.05, 0.1) is 25.9 Å². The van der Waals surface area contributed by atoms with Crippen molar-refractivity contribution in [3.05, 3.63) is 23.8 Å². The van der Waals surface area contributed by atoms with Crippen molar-refractivity contribution >= 4 is 11.5 Å². The second-order valence-corrected chi connectivity index (χ2v) is 4.05. The molecule has 0 saturated carbocycles. The lowest BCUT2D eigenvalue weighted by Crippen LogP contribution is -2.35. The van der Waals surface area contributed by atoms with Crippen molar-refractivity contribution < 1.29 is 14.6 Å². The molecule has 1 unspecified atom stereocenters. The number of hydrogen-bond donors (Lipinski definition) is 3. The summed E-state index contributed by atoms with van der Waals surface area (Å²) >= 11 is 0. The van der Waals surface area contributed by atoms with E-state index in [2.05, 4.69) is 5.32 Å². The van der Waals surface area contributed by atoms with Gasteiger partial charge in [0.1, 0.15) is 5.75 Å². The normalized spacial score (nSPS) is 12.2.